The third kappa shape index (κ3) is 4.03. The van der Waals surface area contributed by atoms with Crippen molar-refractivity contribution in [3.63, 3.8) is 0 Å². The number of benzene rings is 1. The molecule has 0 radical (unpaired) electrons. The molecule has 0 aliphatic heterocycles. The van der Waals surface area contributed by atoms with Crippen LogP contribution in [0.2, 0.25) is 0 Å². The molecule has 1 N–H and O–H groups in total. The fourth-order valence-corrected chi connectivity index (χ4v) is 2.40. The van der Waals surface area contributed by atoms with Crippen LogP contribution in [0.25, 0.3) is 5.52 Å². The third-order valence-corrected chi connectivity index (χ3v) is 3.68. The number of carbonyl (C=O) groups is 1. The third-order valence-electron chi connectivity index (χ3n) is 3.68. The van der Waals surface area contributed by atoms with Gasteiger partial charge in [0.1, 0.15) is 24.9 Å². The largest absolute Gasteiger partial charge is 0.494 e. The standard InChI is InChI=1S/C17H19N5O3/c1-13-16-17(24)21(12-20-22(16)11-19-13)10-15(23)18-8-5-9-25-14-6-3-2-4-7-14/h2-4,6-7,11-12H,5,8-10H2,1H3,(H,18,23). The van der Waals surface area contributed by atoms with Crippen LogP contribution in [0.5, 0.6) is 5.75 Å². The lowest BCUT2D eigenvalue weighted by Crippen LogP contribution is -2.34. The highest BCUT2D eigenvalue weighted by atomic mass is 16.5. The van der Waals surface area contributed by atoms with Gasteiger partial charge in [-0.05, 0) is 25.5 Å². The van der Waals surface area contributed by atoms with Crippen molar-refractivity contribution >= 4 is 11.4 Å². The molecule has 0 atom stereocenters. The number of para-hydroxylation sites is 1. The summed E-state index contributed by atoms with van der Waals surface area (Å²) < 4.78 is 8.24. The minimum absolute atomic E-state index is 0.0769. The van der Waals surface area contributed by atoms with Gasteiger partial charge in [-0.3, -0.25) is 14.2 Å². The van der Waals surface area contributed by atoms with E-state index < -0.39 is 0 Å². The number of imidazole rings is 1. The predicted octanol–water partition coefficient (Wildman–Crippen LogP) is 0.785. The van der Waals surface area contributed by atoms with Crippen molar-refractivity contribution in [2.24, 2.45) is 0 Å². The number of aryl methyl sites for hydroxylation is 1. The number of fused-ring (bicyclic) bond motifs is 1. The number of nitrogens with zero attached hydrogens (tertiary/aromatic N) is 4. The van der Waals surface area contributed by atoms with E-state index in [1.165, 1.54) is 21.7 Å². The Hall–Kier alpha value is -3.16. The molecule has 8 heteroatoms. The zero-order chi connectivity index (χ0) is 17.6. The van der Waals surface area contributed by atoms with E-state index in [9.17, 15) is 9.59 Å². The zero-order valence-corrected chi connectivity index (χ0v) is 13.9. The zero-order valence-electron chi connectivity index (χ0n) is 13.9. The highest BCUT2D eigenvalue weighted by molar-refractivity contribution is 5.75. The highest BCUT2D eigenvalue weighted by Gasteiger charge is 2.10. The Morgan fingerprint density at radius 2 is 2.04 bits per heavy atom. The molecular weight excluding hydrogens is 322 g/mol. The Morgan fingerprint density at radius 3 is 2.84 bits per heavy atom. The fourth-order valence-electron chi connectivity index (χ4n) is 2.40. The molecule has 8 nitrogen and oxygen atoms in total. The molecule has 0 unspecified atom stereocenters. The molecule has 2 heterocycles. The topological polar surface area (TPSA) is 90.5 Å². The SMILES string of the molecule is Cc1ncn2ncn(CC(=O)NCCCOc3ccccc3)c(=O)c12. The van der Waals surface area contributed by atoms with Crippen molar-refractivity contribution in [2.75, 3.05) is 13.2 Å². The van der Waals surface area contributed by atoms with Gasteiger partial charge in [0.15, 0.2) is 5.52 Å². The van der Waals surface area contributed by atoms with E-state index in [0.29, 0.717) is 30.8 Å². The van der Waals surface area contributed by atoms with Crippen LogP contribution in [0, 0.1) is 6.92 Å². The van der Waals surface area contributed by atoms with E-state index in [2.05, 4.69) is 15.4 Å². The Labute approximate surface area is 144 Å². The quantitative estimate of drug-likeness (QED) is 0.642. The van der Waals surface area contributed by atoms with E-state index in [1.54, 1.807) is 6.92 Å². The Bertz CT molecular complexity index is 917. The molecule has 1 amide bonds. The lowest BCUT2D eigenvalue weighted by molar-refractivity contribution is -0.121. The summed E-state index contributed by atoms with van der Waals surface area (Å²) in [5, 5.41) is 6.85. The lowest BCUT2D eigenvalue weighted by Gasteiger charge is -2.08. The number of aromatic nitrogens is 4. The van der Waals surface area contributed by atoms with Gasteiger partial charge in [0.25, 0.3) is 5.56 Å². The summed E-state index contributed by atoms with van der Waals surface area (Å²) in [6.45, 7) is 2.64. The normalized spacial score (nSPS) is 10.8. The maximum absolute atomic E-state index is 12.3. The second kappa shape index (κ2) is 7.61. The smallest absolute Gasteiger partial charge is 0.280 e. The number of nitrogens with one attached hydrogen (secondary N) is 1. The van der Waals surface area contributed by atoms with E-state index in [-0.39, 0.29) is 18.0 Å². The maximum Gasteiger partial charge on any atom is 0.280 e. The average molecular weight is 341 g/mol. The summed E-state index contributed by atoms with van der Waals surface area (Å²) in [6, 6.07) is 9.50. The van der Waals surface area contributed by atoms with Crippen LogP contribution in [0.1, 0.15) is 12.1 Å². The van der Waals surface area contributed by atoms with Crippen molar-refractivity contribution in [1.29, 1.82) is 0 Å². The van der Waals surface area contributed by atoms with Crippen LogP contribution in [0.3, 0.4) is 0 Å². The molecule has 2 aromatic heterocycles. The lowest BCUT2D eigenvalue weighted by atomic mass is 10.3. The van der Waals surface area contributed by atoms with E-state index in [4.69, 9.17) is 4.74 Å². The molecular formula is C17H19N5O3. The van der Waals surface area contributed by atoms with Crippen LogP contribution < -0.4 is 15.6 Å². The van der Waals surface area contributed by atoms with Gasteiger partial charge in [0, 0.05) is 6.54 Å². The summed E-state index contributed by atoms with van der Waals surface area (Å²) in [6.07, 6.45) is 3.49. The van der Waals surface area contributed by atoms with Crippen molar-refractivity contribution < 1.29 is 9.53 Å². The van der Waals surface area contributed by atoms with Crippen LogP contribution in [0.15, 0.2) is 47.8 Å². The second-order valence-electron chi connectivity index (χ2n) is 5.55. The van der Waals surface area contributed by atoms with Crippen molar-refractivity contribution in [3.05, 3.63) is 59.0 Å². The first-order valence-corrected chi connectivity index (χ1v) is 7.99. The van der Waals surface area contributed by atoms with Gasteiger partial charge >= 0.3 is 0 Å². The maximum atomic E-state index is 12.3. The minimum atomic E-state index is -0.285. The number of ether oxygens (including phenoxy) is 1. The van der Waals surface area contributed by atoms with Gasteiger partial charge in [-0.1, -0.05) is 18.2 Å². The van der Waals surface area contributed by atoms with E-state index in [1.807, 2.05) is 30.3 Å². The number of hydrogen-bond donors (Lipinski definition) is 1. The molecule has 0 saturated heterocycles. The van der Waals surface area contributed by atoms with Crippen molar-refractivity contribution in [3.8, 4) is 5.75 Å². The minimum Gasteiger partial charge on any atom is -0.494 e. The van der Waals surface area contributed by atoms with Crippen LogP contribution in [-0.2, 0) is 11.3 Å². The monoisotopic (exact) mass is 341 g/mol. The number of amides is 1. The Kier molecular flexibility index (Phi) is 5.08. The molecule has 0 aliphatic carbocycles. The number of hydrogen-bond acceptors (Lipinski definition) is 5. The van der Waals surface area contributed by atoms with Gasteiger partial charge in [-0.15, -0.1) is 0 Å². The Balaban J connectivity index is 1.47. The van der Waals surface area contributed by atoms with Crippen molar-refractivity contribution in [1.82, 2.24) is 24.5 Å². The number of rotatable bonds is 7. The summed E-state index contributed by atoms with van der Waals surface area (Å²) >= 11 is 0. The molecule has 130 valence electrons. The predicted molar refractivity (Wildman–Crippen MR) is 91.5 cm³/mol. The first-order chi connectivity index (χ1) is 12.1. The molecule has 0 aliphatic rings. The molecule has 0 saturated carbocycles. The van der Waals surface area contributed by atoms with E-state index >= 15 is 0 Å². The van der Waals surface area contributed by atoms with Gasteiger partial charge in [-0.2, -0.15) is 5.10 Å². The number of carbonyl (C=O) groups excluding carboxylic acids is 1. The molecule has 0 bridgehead atoms. The van der Waals surface area contributed by atoms with Gasteiger partial charge in [0.2, 0.25) is 5.91 Å². The average Bonchev–Trinajstić information content (AvgIpc) is 3.00. The summed E-state index contributed by atoms with van der Waals surface area (Å²) in [4.78, 5) is 28.4. The molecule has 3 aromatic rings. The van der Waals surface area contributed by atoms with Crippen LogP contribution >= 0.6 is 0 Å². The second-order valence-corrected chi connectivity index (χ2v) is 5.55. The van der Waals surface area contributed by atoms with E-state index in [0.717, 1.165) is 5.75 Å². The summed E-state index contributed by atoms with van der Waals surface area (Å²) in [5.74, 6) is 0.557. The molecule has 25 heavy (non-hydrogen) atoms. The van der Waals surface area contributed by atoms with Gasteiger partial charge in [-0.25, -0.2) is 9.50 Å². The summed E-state index contributed by atoms with van der Waals surface area (Å²) in [5.41, 5.74) is 0.685. The highest BCUT2D eigenvalue weighted by Crippen LogP contribution is 2.08. The van der Waals surface area contributed by atoms with Gasteiger partial charge < -0.3 is 10.1 Å². The van der Waals surface area contributed by atoms with Crippen molar-refractivity contribution in [2.45, 2.75) is 19.9 Å². The summed E-state index contributed by atoms with van der Waals surface area (Å²) in [7, 11) is 0. The molecule has 0 fully saturated rings. The first-order valence-electron chi connectivity index (χ1n) is 7.99. The van der Waals surface area contributed by atoms with Gasteiger partial charge in [0.05, 0.1) is 12.3 Å². The molecule has 0 spiro atoms. The van der Waals surface area contributed by atoms with Crippen LogP contribution in [-0.4, -0.2) is 38.2 Å². The molecule has 1 aromatic carbocycles. The first kappa shape index (κ1) is 16.7. The fraction of sp³-hybridized carbons (Fsp3) is 0.294. The van der Waals surface area contributed by atoms with Crippen LogP contribution in [0.4, 0.5) is 0 Å². The molecule has 3 rings (SSSR count). The Morgan fingerprint density at radius 1 is 1.24 bits per heavy atom.